The Morgan fingerprint density at radius 2 is 2.16 bits per heavy atom. The molecule has 1 aliphatic rings. The van der Waals surface area contributed by atoms with Crippen LogP contribution < -0.4 is 5.32 Å². The molecule has 2 amide bonds. The summed E-state index contributed by atoms with van der Waals surface area (Å²) in [6.45, 7) is 4.74. The normalized spacial score (nSPS) is 19.2. The van der Waals surface area contributed by atoms with Crippen LogP contribution in [0.4, 0.5) is 4.79 Å². The van der Waals surface area contributed by atoms with Crippen molar-refractivity contribution in [2.45, 2.75) is 50.8 Å². The summed E-state index contributed by atoms with van der Waals surface area (Å²) in [5.41, 5.74) is 0. The van der Waals surface area contributed by atoms with E-state index in [-0.39, 0.29) is 25.0 Å². The van der Waals surface area contributed by atoms with Crippen molar-refractivity contribution in [1.29, 1.82) is 0 Å². The monoisotopic (exact) mass is 288 g/mol. The van der Waals surface area contributed by atoms with Crippen LogP contribution in [0.25, 0.3) is 0 Å². The van der Waals surface area contributed by atoms with Crippen molar-refractivity contribution in [2.75, 3.05) is 18.8 Å². The zero-order valence-corrected chi connectivity index (χ0v) is 12.5. The van der Waals surface area contributed by atoms with Gasteiger partial charge in [-0.05, 0) is 32.4 Å². The fourth-order valence-electron chi connectivity index (χ4n) is 2.08. The van der Waals surface area contributed by atoms with Gasteiger partial charge in [0.25, 0.3) is 0 Å². The van der Waals surface area contributed by atoms with Crippen molar-refractivity contribution < 1.29 is 14.7 Å². The molecule has 2 N–H and O–H groups in total. The molecule has 6 heteroatoms. The van der Waals surface area contributed by atoms with Gasteiger partial charge in [-0.15, -0.1) is 0 Å². The number of carbonyl (C=O) groups is 2. The average molecular weight is 288 g/mol. The van der Waals surface area contributed by atoms with Gasteiger partial charge < -0.3 is 15.3 Å². The van der Waals surface area contributed by atoms with E-state index < -0.39 is 5.97 Å². The predicted molar refractivity (Wildman–Crippen MR) is 77.6 cm³/mol. The molecule has 0 aliphatic carbocycles. The van der Waals surface area contributed by atoms with Gasteiger partial charge in [-0.1, -0.05) is 6.42 Å². The van der Waals surface area contributed by atoms with E-state index in [1.54, 1.807) is 4.90 Å². The van der Waals surface area contributed by atoms with Crippen LogP contribution in [0.1, 0.15) is 39.5 Å². The second-order valence-corrected chi connectivity index (χ2v) is 6.51. The van der Waals surface area contributed by atoms with Crippen LogP contribution in [0.3, 0.4) is 0 Å². The van der Waals surface area contributed by atoms with Gasteiger partial charge in [-0.25, -0.2) is 4.79 Å². The molecular formula is C13H24N2O3S. The van der Waals surface area contributed by atoms with E-state index in [1.165, 1.54) is 18.6 Å². The van der Waals surface area contributed by atoms with Crippen LogP contribution in [0.2, 0.25) is 0 Å². The third-order valence-electron chi connectivity index (χ3n) is 3.21. The van der Waals surface area contributed by atoms with Gasteiger partial charge in [0, 0.05) is 24.4 Å². The third kappa shape index (κ3) is 6.18. The lowest BCUT2D eigenvalue weighted by atomic mass is 10.2. The highest BCUT2D eigenvalue weighted by molar-refractivity contribution is 7.99. The molecule has 0 aromatic rings. The fraction of sp³-hybridized carbons (Fsp3) is 0.846. The number of hydrogen-bond acceptors (Lipinski definition) is 3. The Bertz CT molecular complexity index is 304. The van der Waals surface area contributed by atoms with Crippen LogP contribution in [-0.4, -0.2) is 52.1 Å². The van der Waals surface area contributed by atoms with E-state index >= 15 is 0 Å². The summed E-state index contributed by atoms with van der Waals surface area (Å²) in [4.78, 5) is 24.2. The van der Waals surface area contributed by atoms with Gasteiger partial charge in [-0.3, -0.25) is 4.79 Å². The molecule has 1 unspecified atom stereocenters. The molecule has 0 aromatic heterocycles. The number of carbonyl (C=O) groups excluding carboxylic acids is 1. The molecule has 0 bridgehead atoms. The van der Waals surface area contributed by atoms with E-state index in [4.69, 9.17) is 5.11 Å². The summed E-state index contributed by atoms with van der Waals surface area (Å²) in [5, 5.41) is 12.1. The van der Waals surface area contributed by atoms with Crippen molar-refractivity contribution in [3.05, 3.63) is 0 Å². The number of thioether (sulfide) groups is 1. The summed E-state index contributed by atoms with van der Waals surface area (Å²) in [7, 11) is 0. The first-order valence-corrected chi connectivity index (χ1v) is 7.93. The Morgan fingerprint density at radius 1 is 1.42 bits per heavy atom. The second-order valence-electron chi connectivity index (χ2n) is 5.11. The highest BCUT2D eigenvalue weighted by Gasteiger charge is 2.20. The largest absolute Gasteiger partial charge is 0.481 e. The summed E-state index contributed by atoms with van der Waals surface area (Å²) in [5.74, 6) is 0.300. The van der Waals surface area contributed by atoms with Crippen LogP contribution in [0.15, 0.2) is 0 Å². The van der Waals surface area contributed by atoms with Crippen molar-refractivity contribution in [1.82, 2.24) is 10.2 Å². The predicted octanol–water partition coefficient (Wildman–Crippen LogP) is 2.17. The van der Waals surface area contributed by atoms with E-state index in [2.05, 4.69) is 5.32 Å². The van der Waals surface area contributed by atoms with Gasteiger partial charge in [-0.2, -0.15) is 11.8 Å². The summed E-state index contributed by atoms with van der Waals surface area (Å²) in [6.07, 6.45) is 3.65. The van der Waals surface area contributed by atoms with E-state index in [0.29, 0.717) is 11.8 Å². The molecule has 1 heterocycles. The Balaban J connectivity index is 2.36. The van der Waals surface area contributed by atoms with Crippen molar-refractivity contribution in [3.8, 4) is 0 Å². The number of amides is 2. The van der Waals surface area contributed by atoms with Gasteiger partial charge in [0.15, 0.2) is 0 Å². The molecule has 110 valence electrons. The number of carboxylic acids is 1. The quantitative estimate of drug-likeness (QED) is 0.786. The number of rotatable bonds is 6. The highest BCUT2D eigenvalue weighted by atomic mass is 32.2. The molecule has 5 nitrogen and oxygen atoms in total. The van der Waals surface area contributed by atoms with Crippen LogP contribution in [0, 0.1) is 0 Å². The number of urea groups is 1. The van der Waals surface area contributed by atoms with Crippen LogP contribution in [0.5, 0.6) is 0 Å². The molecule has 0 radical (unpaired) electrons. The number of hydrogen-bond donors (Lipinski definition) is 2. The molecule has 0 spiro atoms. The molecule has 0 aromatic carbocycles. The maximum Gasteiger partial charge on any atom is 0.317 e. The first kappa shape index (κ1) is 16.1. The minimum absolute atomic E-state index is 0.0101. The summed E-state index contributed by atoms with van der Waals surface area (Å²) >= 11 is 1.92. The third-order valence-corrected chi connectivity index (χ3v) is 4.60. The van der Waals surface area contributed by atoms with Crippen molar-refractivity contribution >= 4 is 23.8 Å². The molecule has 1 saturated heterocycles. The van der Waals surface area contributed by atoms with Crippen LogP contribution in [-0.2, 0) is 4.79 Å². The van der Waals surface area contributed by atoms with Crippen LogP contribution >= 0.6 is 11.8 Å². The molecule has 1 aliphatic heterocycles. The lowest BCUT2D eigenvalue weighted by Gasteiger charge is -2.28. The molecule has 1 rings (SSSR count). The Hall–Kier alpha value is -0.910. The molecule has 1 atom stereocenters. The van der Waals surface area contributed by atoms with Crippen molar-refractivity contribution in [2.24, 2.45) is 0 Å². The Kier molecular flexibility index (Phi) is 7.05. The lowest BCUT2D eigenvalue weighted by Crippen LogP contribution is -2.46. The zero-order chi connectivity index (χ0) is 14.3. The number of aliphatic carboxylic acids is 1. The first-order valence-electron chi connectivity index (χ1n) is 6.88. The Morgan fingerprint density at radius 3 is 2.68 bits per heavy atom. The topological polar surface area (TPSA) is 69.6 Å². The SMILES string of the molecule is CC(C)N(CCC(=O)O)C(=O)NCC1CCCCS1. The standard InChI is InChI=1S/C13H24N2O3S/c1-10(2)15(7-6-12(16)17)13(18)14-9-11-5-3-4-8-19-11/h10-11H,3-9H2,1-2H3,(H,14,18)(H,16,17). The van der Waals surface area contributed by atoms with Gasteiger partial charge in [0.2, 0.25) is 0 Å². The smallest absolute Gasteiger partial charge is 0.317 e. The van der Waals surface area contributed by atoms with E-state index in [9.17, 15) is 9.59 Å². The number of nitrogens with zero attached hydrogens (tertiary/aromatic N) is 1. The molecule has 0 saturated carbocycles. The molecule has 19 heavy (non-hydrogen) atoms. The van der Waals surface area contributed by atoms with Gasteiger partial charge in [0.1, 0.15) is 0 Å². The maximum absolute atomic E-state index is 12.1. The molecular weight excluding hydrogens is 264 g/mol. The maximum atomic E-state index is 12.1. The van der Waals surface area contributed by atoms with Gasteiger partial charge >= 0.3 is 12.0 Å². The second kappa shape index (κ2) is 8.30. The van der Waals surface area contributed by atoms with E-state index in [0.717, 1.165) is 6.42 Å². The fourth-order valence-corrected chi connectivity index (χ4v) is 3.32. The lowest BCUT2D eigenvalue weighted by molar-refractivity contribution is -0.137. The highest BCUT2D eigenvalue weighted by Crippen LogP contribution is 2.24. The summed E-state index contributed by atoms with van der Waals surface area (Å²) in [6, 6.07) is -0.138. The summed E-state index contributed by atoms with van der Waals surface area (Å²) < 4.78 is 0. The molecule has 1 fully saturated rings. The Labute approximate surface area is 119 Å². The first-order chi connectivity index (χ1) is 9.00. The zero-order valence-electron chi connectivity index (χ0n) is 11.7. The minimum atomic E-state index is -0.874. The average Bonchev–Trinajstić information content (AvgIpc) is 2.37. The number of carboxylic acid groups (broad SMARTS) is 1. The van der Waals surface area contributed by atoms with Gasteiger partial charge in [0.05, 0.1) is 6.42 Å². The minimum Gasteiger partial charge on any atom is -0.481 e. The number of nitrogens with one attached hydrogen (secondary N) is 1. The van der Waals surface area contributed by atoms with E-state index in [1.807, 2.05) is 25.6 Å². The van der Waals surface area contributed by atoms with Crippen molar-refractivity contribution in [3.63, 3.8) is 0 Å².